The molecule has 1 aromatic heterocycles. The fourth-order valence-electron chi connectivity index (χ4n) is 1.94. The zero-order valence-electron chi connectivity index (χ0n) is 11.8. The van der Waals surface area contributed by atoms with Gasteiger partial charge in [-0.3, -0.25) is 4.79 Å². The van der Waals surface area contributed by atoms with Gasteiger partial charge in [0.05, 0.1) is 16.9 Å². The lowest BCUT2D eigenvalue weighted by molar-refractivity contribution is -0.137. The Balaban J connectivity index is 2.39. The Kier molecular flexibility index (Phi) is 4.51. The molecule has 2 aromatic rings. The molecule has 0 atom stereocenters. The zero-order chi connectivity index (χ0) is 16.3. The van der Waals surface area contributed by atoms with Crippen LogP contribution in [0.25, 0.3) is 5.69 Å². The maximum absolute atomic E-state index is 12.8. The van der Waals surface area contributed by atoms with Crippen LogP contribution in [0.15, 0.2) is 30.3 Å². The van der Waals surface area contributed by atoms with Crippen molar-refractivity contribution < 1.29 is 18.0 Å². The summed E-state index contributed by atoms with van der Waals surface area (Å²) in [5.74, 6) is -0.0223. The summed E-state index contributed by atoms with van der Waals surface area (Å²) in [6.45, 7) is 1.87. The van der Waals surface area contributed by atoms with E-state index in [0.717, 1.165) is 12.1 Å². The van der Waals surface area contributed by atoms with Crippen LogP contribution >= 0.6 is 0 Å². The molecule has 0 spiro atoms. The van der Waals surface area contributed by atoms with Gasteiger partial charge >= 0.3 is 6.18 Å². The number of anilines is 1. The Morgan fingerprint density at radius 2 is 2.09 bits per heavy atom. The predicted molar refractivity (Wildman–Crippen MR) is 75.6 cm³/mol. The normalized spacial score (nSPS) is 11.5. The SMILES string of the molecule is Cc1cc(NC(=O)CCN)n(-c2cccc(C(F)(F)F)c2)n1. The molecule has 0 fully saturated rings. The molecule has 1 amide bonds. The number of alkyl halides is 3. The van der Waals surface area contributed by atoms with E-state index in [9.17, 15) is 18.0 Å². The molecule has 0 radical (unpaired) electrons. The Bertz CT molecular complexity index is 679. The molecule has 0 unspecified atom stereocenters. The third kappa shape index (κ3) is 3.64. The largest absolute Gasteiger partial charge is 0.416 e. The molecule has 2 rings (SSSR count). The lowest BCUT2D eigenvalue weighted by Crippen LogP contribution is -2.18. The molecule has 0 aliphatic heterocycles. The Morgan fingerprint density at radius 1 is 1.36 bits per heavy atom. The van der Waals surface area contributed by atoms with Crippen molar-refractivity contribution in [3.05, 3.63) is 41.6 Å². The van der Waals surface area contributed by atoms with E-state index in [1.165, 1.54) is 16.8 Å². The zero-order valence-corrected chi connectivity index (χ0v) is 11.8. The van der Waals surface area contributed by atoms with Gasteiger partial charge in [0, 0.05) is 19.0 Å². The highest BCUT2D eigenvalue weighted by molar-refractivity contribution is 5.90. The summed E-state index contributed by atoms with van der Waals surface area (Å²) in [7, 11) is 0. The average Bonchev–Trinajstić information content (AvgIpc) is 2.79. The molecule has 0 saturated carbocycles. The first-order chi connectivity index (χ1) is 10.3. The van der Waals surface area contributed by atoms with Gasteiger partial charge in [0.15, 0.2) is 0 Å². The molecule has 118 valence electrons. The molecule has 22 heavy (non-hydrogen) atoms. The minimum Gasteiger partial charge on any atom is -0.330 e. The van der Waals surface area contributed by atoms with Crippen LogP contribution in [0.3, 0.4) is 0 Å². The van der Waals surface area contributed by atoms with Crippen LogP contribution in [0.1, 0.15) is 17.7 Å². The Labute approximate surface area is 124 Å². The third-order valence-corrected chi connectivity index (χ3v) is 2.89. The smallest absolute Gasteiger partial charge is 0.330 e. The molecule has 0 aliphatic rings. The van der Waals surface area contributed by atoms with Crippen LogP contribution < -0.4 is 11.1 Å². The lowest BCUT2D eigenvalue weighted by atomic mass is 10.2. The standard InChI is InChI=1S/C14H15F3N4O/c1-9-7-12(19-13(22)5-6-18)21(20-9)11-4-2-3-10(8-11)14(15,16)17/h2-4,7-8H,5-6,18H2,1H3,(H,19,22). The Hall–Kier alpha value is -2.35. The second kappa shape index (κ2) is 6.18. The van der Waals surface area contributed by atoms with Crippen LogP contribution in [0.2, 0.25) is 0 Å². The van der Waals surface area contributed by atoms with Crippen LogP contribution in [0, 0.1) is 6.92 Å². The topological polar surface area (TPSA) is 72.9 Å². The first-order valence-electron chi connectivity index (χ1n) is 6.55. The number of carbonyl (C=O) groups excluding carboxylic acids is 1. The van der Waals surface area contributed by atoms with Gasteiger partial charge < -0.3 is 11.1 Å². The van der Waals surface area contributed by atoms with Crippen molar-refractivity contribution >= 4 is 11.7 Å². The van der Waals surface area contributed by atoms with Crippen LogP contribution in [-0.4, -0.2) is 22.2 Å². The van der Waals surface area contributed by atoms with E-state index >= 15 is 0 Å². The fraction of sp³-hybridized carbons (Fsp3) is 0.286. The number of nitrogens with two attached hydrogens (primary N) is 1. The first kappa shape index (κ1) is 16.0. The van der Waals surface area contributed by atoms with Crippen molar-refractivity contribution in [1.29, 1.82) is 0 Å². The van der Waals surface area contributed by atoms with Crippen LogP contribution in [0.5, 0.6) is 0 Å². The van der Waals surface area contributed by atoms with Crippen molar-refractivity contribution in [2.75, 3.05) is 11.9 Å². The number of carbonyl (C=O) groups is 1. The number of rotatable bonds is 4. The van der Waals surface area contributed by atoms with Crippen molar-refractivity contribution in [2.24, 2.45) is 5.73 Å². The quantitative estimate of drug-likeness (QED) is 0.911. The summed E-state index contributed by atoms with van der Waals surface area (Å²) >= 11 is 0. The van der Waals surface area contributed by atoms with E-state index in [1.807, 2.05) is 0 Å². The summed E-state index contributed by atoms with van der Waals surface area (Å²) in [6.07, 6.45) is -4.33. The van der Waals surface area contributed by atoms with Crippen molar-refractivity contribution in [2.45, 2.75) is 19.5 Å². The van der Waals surface area contributed by atoms with E-state index < -0.39 is 11.7 Å². The van der Waals surface area contributed by atoms with E-state index in [0.29, 0.717) is 11.5 Å². The number of benzene rings is 1. The van der Waals surface area contributed by atoms with Gasteiger partial charge in [-0.15, -0.1) is 0 Å². The highest BCUT2D eigenvalue weighted by Gasteiger charge is 2.30. The number of aryl methyl sites for hydroxylation is 1. The van der Waals surface area contributed by atoms with Gasteiger partial charge in [0.25, 0.3) is 0 Å². The summed E-state index contributed by atoms with van der Waals surface area (Å²) in [6, 6.07) is 6.31. The summed E-state index contributed by atoms with van der Waals surface area (Å²) in [5, 5.41) is 6.71. The van der Waals surface area contributed by atoms with Gasteiger partial charge in [-0.25, -0.2) is 4.68 Å². The highest BCUT2D eigenvalue weighted by Crippen LogP contribution is 2.30. The first-order valence-corrected chi connectivity index (χ1v) is 6.55. The van der Waals surface area contributed by atoms with Crippen LogP contribution in [-0.2, 0) is 11.0 Å². The maximum Gasteiger partial charge on any atom is 0.416 e. The number of hydrogen-bond donors (Lipinski definition) is 2. The van der Waals surface area contributed by atoms with Crippen molar-refractivity contribution in [3.8, 4) is 5.69 Å². The van der Waals surface area contributed by atoms with E-state index in [1.54, 1.807) is 13.0 Å². The van der Waals surface area contributed by atoms with E-state index in [2.05, 4.69) is 10.4 Å². The molecule has 1 aromatic carbocycles. The van der Waals surface area contributed by atoms with Gasteiger partial charge in [-0.05, 0) is 25.1 Å². The minimum atomic E-state index is -4.44. The van der Waals surface area contributed by atoms with E-state index in [-0.39, 0.29) is 24.6 Å². The summed E-state index contributed by atoms with van der Waals surface area (Å²) in [5.41, 5.74) is 5.30. The summed E-state index contributed by atoms with van der Waals surface area (Å²) in [4.78, 5) is 11.6. The number of nitrogens with zero attached hydrogens (tertiary/aromatic N) is 2. The van der Waals surface area contributed by atoms with Crippen molar-refractivity contribution in [3.63, 3.8) is 0 Å². The van der Waals surface area contributed by atoms with Gasteiger partial charge in [0.1, 0.15) is 5.82 Å². The second-order valence-electron chi connectivity index (χ2n) is 4.72. The van der Waals surface area contributed by atoms with Crippen molar-refractivity contribution in [1.82, 2.24) is 9.78 Å². The highest BCUT2D eigenvalue weighted by atomic mass is 19.4. The molecule has 5 nitrogen and oxygen atoms in total. The fourth-order valence-corrected chi connectivity index (χ4v) is 1.94. The third-order valence-electron chi connectivity index (χ3n) is 2.89. The maximum atomic E-state index is 12.8. The average molecular weight is 312 g/mol. The summed E-state index contributed by atoms with van der Waals surface area (Å²) < 4.78 is 39.6. The predicted octanol–water partition coefficient (Wildman–Crippen LogP) is 2.49. The monoisotopic (exact) mass is 312 g/mol. The van der Waals surface area contributed by atoms with Gasteiger partial charge in [0.2, 0.25) is 5.91 Å². The van der Waals surface area contributed by atoms with Gasteiger partial charge in [-0.2, -0.15) is 18.3 Å². The Morgan fingerprint density at radius 3 is 2.73 bits per heavy atom. The van der Waals surface area contributed by atoms with Crippen LogP contribution in [0.4, 0.5) is 19.0 Å². The number of hydrogen-bond acceptors (Lipinski definition) is 3. The number of amides is 1. The van der Waals surface area contributed by atoms with Gasteiger partial charge in [-0.1, -0.05) is 6.07 Å². The second-order valence-corrected chi connectivity index (χ2v) is 4.72. The number of halogens is 3. The molecule has 0 aliphatic carbocycles. The minimum absolute atomic E-state index is 0.118. The number of aromatic nitrogens is 2. The molecule has 8 heteroatoms. The molecular formula is C14H15F3N4O. The molecule has 3 N–H and O–H groups in total. The molecule has 0 saturated heterocycles. The van der Waals surface area contributed by atoms with E-state index in [4.69, 9.17) is 5.73 Å². The molecular weight excluding hydrogens is 297 g/mol. The molecule has 1 heterocycles. The number of nitrogens with one attached hydrogen (secondary N) is 1. The lowest BCUT2D eigenvalue weighted by Gasteiger charge is -2.11. The molecule has 0 bridgehead atoms.